The van der Waals surface area contributed by atoms with Crippen LogP contribution in [0.25, 0.3) is 28.2 Å². The number of hydrogen-bond donors (Lipinski definition) is 1. The van der Waals surface area contributed by atoms with E-state index in [1.807, 2.05) is 36.4 Å². The molecule has 0 bridgehead atoms. The van der Waals surface area contributed by atoms with Crippen molar-refractivity contribution in [2.24, 2.45) is 5.10 Å². The Hall–Kier alpha value is -4.77. The van der Waals surface area contributed by atoms with Gasteiger partial charge in [0.05, 0.1) is 23.2 Å². The van der Waals surface area contributed by atoms with Gasteiger partial charge in [-0.1, -0.05) is 78.4 Å². The Bertz CT molecular complexity index is 1460. The van der Waals surface area contributed by atoms with Gasteiger partial charge in [0.15, 0.2) is 0 Å². The van der Waals surface area contributed by atoms with Gasteiger partial charge in [-0.05, 0) is 48.4 Å². The topological polar surface area (TPSA) is 59.3 Å². The first kappa shape index (κ1) is 22.0. The van der Waals surface area contributed by atoms with E-state index in [1.54, 1.807) is 24.5 Å². The maximum Gasteiger partial charge on any atom is 0.272 e. The summed E-state index contributed by atoms with van der Waals surface area (Å²) in [4.78, 5) is 16.5. The van der Waals surface area contributed by atoms with Crippen molar-refractivity contribution < 1.29 is 4.79 Å². The summed E-state index contributed by atoms with van der Waals surface area (Å²) in [6, 6.07) is 34.5. The molecule has 0 radical (unpaired) electrons. The molecule has 5 aromatic rings. The summed E-state index contributed by atoms with van der Waals surface area (Å²) in [6.07, 6.45) is 4.85. The summed E-state index contributed by atoms with van der Waals surface area (Å²) in [5.41, 5.74) is 10.4. The minimum Gasteiger partial charge on any atom is -0.309 e. The number of rotatable bonds is 6. The average Bonchev–Trinajstić information content (AvgIpc) is 3.30. The first-order valence-electron chi connectivity index (χ1n) is 11.4. The van der Waals surface area contributed by atoms with Crippen molar-refractivity contribution in [3.63, 3.8) is 0 Å². The van der Waals surface area contributed by atoms with Gasteiger partial charge in [-0.3, -0.25) is 9.78 Å². The molecule has 0 aliphatic rings. The number of nitrogens with one attached hydrogen (secondary N) is 1. The van der Waals surface area contributed by atoms with E-state index in [1.165, 1.54) is 11.8 Å². The molecule has 0 unspecified atom stereocenters. The van der Waals surface area contributed by atoms with E-state index in [4.69, 9.17) is 0 Å². The number of pyridine rings is 1. The van der Waals surface area contributed by atoms with Crippen molar-refractivity contribution >= 4 is 12.1 Å². The van der Waals surface area contributed by atoms with E-state index in [9.17, 15) is 4.79 Å². The smallest absolute Gasteiger partial charge is 0.272 e. The molecule has 2 aromatic heterocycles. The van der Waals surface area contributed by atoms with Crippen molar-refractivity contribution in [2.75, 3.05) is 0 Å². The molecule has 0 atom stereocenters. The molecule has 0 aliphatic carbocycles. The van der Waals surface area contributed by atoms with Crippen LogP contribution in [0.15, 0.2) is 121 Å². The van der Waals surface area contributed by atoms with Crippen LogP contribution in [0.5, 0.6) is 0 Å². The molecule has 5 heteroatoms. The molecule has 1 amide bonds. The second-order valence-electron chi connectivity index (χ2n) is 8.18. The van der Waals surface area contributed by atoms with Crippen LogP contribution in [0.4, 0.5) is 0 Å². The summed E-state index contributed by atoms with van der Waals surface area (Å²) < 4.78 is 2.24. The summed E-state index contributed by atoms with van der Waals surface area (Å²) in [7, 11) is 0. The Morgan fingerprint density at radius 1 is 0.857 bits per heavy atom. The van der Waals surface area contributed by atoms with Gasteiger partial charge in [-0.15, -0.1) is 0 Å². The summed E-state index contributed by atoms with van der Waals surface area (Å²) >= 11 is 0. The van der Waals surface area contributed by atoms with Crippen LogP contribution in [0.3, 0.4) is 0 Å². The fourth-order valence-corrected chi connectivity index (χ4v) is 4.03. The second kappa shape index (κ2) is 10.0. The highest BCUT2D eigenvalue weighted by atomic mass is 16.2. The maximum atomic E-state index is 12.5. The third-order valence-corrected chi connectivity index (χ3v) is 5.73. The summed E-state index contributed by atoms with van der Waals surface area (Å²) in [5, 5.41) is 4.29. The zero-order chi connectivity index (χ0) is 24.0. The number of hydrogen-bond acceptors (Lipinski definition) is 3. The van der Waals surface area contributed by atoms with Gasteiger partial charge in [0.1, 0.15) is 0 Å². The molecule has 0 saturated heterocycles. The number of aryl methyl sites for hydroxylation is 1. The van der Waals surface area contributed by atoms with Crippen LogP contribution in [0.1, 0.15) is 21.5 Å². The number of carbonyl (C=O) groups excluding carboxylic acids is 1. The van der Waals surface area contributed by atoms with E-state index in [2.05, 4.69) is 81.6 Å². The Balaban J connectivity index is 1.65. The fraction of sp³-hybridized carbons (Fsp3) is 0.0333. The van der Waals surface area contributed by atoms with Gasteiger partial charge in [0, 0.05) is 23.6 Å². The first-order chi connectivity index (χ1) is 17.2. The largest absolute Gasteiger partial charge is 0.309 e. The monoisotopic (exact) mass is 456 g/mol. The Kier molecular flexibility index (Phi) is 6.31. The van der Waals surface area contributed by atoms with Crippen LogP contribution in [0.2, 0.25) is 0 Å². The van der Waals surface area contributed by atoms with Crippen LogP contribution in [-0.2, 0) is 0 Å². The van der Waals surface area contributed by atoms with Crippen molar-refractivity contribution in [2.45, 2.75) is 6.92 Å². The van der Waals surface area contributed by atoms with Gasteiger partial charge >= 0.3 is 0 Å². The number of benzene rings is 3. The predicted molar refractivity (Wildman–Crippen MR) is 141 cm³/mol. The molecule has 35 heavy (non-hydrogen) atoms. The molecular weight excluding hydrogens is 432 g/mol. The van der Waals surface area contributed by atoms with Crippen LogP contribution in [-0.4, -0.2) is 21.7 Å². The molecule has 3 aromatic carbocycles. The molecule has 0 aliphatic heterocycles. The zero-order valence-corrected chi connectivity index (χ0v) is 19.3. The standard InChI is InChI=1S/C30H24N4O/c1-22-14-16-27(17-15-22)34-28(23-9-4-2-5-10-23)19-26(29(34)24-11-6-3-7-12-24)21-32-33-30(35)25-13-8-18-31-20-25/h2-21H,1H3,(H,33,35)/b32-21+. The van der Waals surface area contributed by atoms with Crippen molar-refractivity contribution in [1.82, 2.24) is 15.0 Å². The number of amides is 1. The van der Waals surface area contributed by atoms with Crippen molar-refractivity contribution in [1.29, 1.82) is 0 Å². The van der Waals surface area contributed by atoms with E-state index >= 15 is 0 Å². The molecular formula is C30H24N4O. The maximum absolute atomic E-state index is 12.5. The van der Waals surface area contributed by atoms with Crippen LogP contribution >= 0.6 is 0 Å². The van der Waals surface area contributed by atoms with E-state index in [0.29, 0.717) is 5.56 Å². The van der Waals surface area contributed by atoms with Gasteiger partial charge in [-0.2, -0.15) is 5.10 Å². The predicted octanol–water partition coefficient (Wildman–Crippen LogP) is 6.28. The zero-order valence-electron chi connectivity index (χ0n) is 19.3. The Morgan fingerprint density at radius 2 is 1.54 bits per heavy atom. The van der Waals surface area contributed by atoms with Crippen molar-refractivity contribution in [3.8, 4) is 28.2 Å². The van der Waals surface area contributed by atoms with E-state index in [-0.39, 0.29) is 5.91 Å². The quantitative estimate of drug-likeness (QED) is 0.241. The lowest BCUT2D eigenvalue weighted by Gasteiger charge is -2.15. The SMILES string of the molecule is Cc1ccc(-n2c(-c3ccccc3)cc(/C=N/NC(=O)c3cccnc3)c2-c2ccccc2)cc1. The number of aromatic nitrogens is 2. The van der Waals surface area contributed by atoms with Crippen LogP contribution < -0.4 is 5.43 Å². The lowest BCUT2D eigenvalue weighted by molar-refractivity contribution is 0.0955. The normalized spacial score (nSPS) is 11.0. The highest BCUT2D eigenvalue weighted by molar-refractivity contribution is 5.96. The van der Waals surface area contributed by atoms with Gasteiger partial charge < -0.3 is 4.57 Å². The molecule has 0 saturated carbocycles. The van der Waals surface area contributed by atoms with Gasteiger partial charge in [0.2, 0.25) is 0 Å². The molecule has 170 valence electrons. The highest BCUT2D eigenvalue weighted by Gasteiger charge is 2.18. The molecule has 2 heterocycles. The average molecular weight is 457 g/mol. The molecule has 5 nitrogen and oxygen atoms in total. The molecule has 5 rings (SSSR count). The van der Waals surface area contributed by atoms with Gasteiger partial charge in [-0.25, -0.2) is 5.43 Å². The third-order valence-electron chi connectivity index (χ3n) is 5.73. The summed E-state index contributed by atoms with van der Waals surface area (Å²) in [5.74, 6) is -0.308. The Morgan fingerprint density at radius 3 is 2.20 bits per heavy atom. The first-order valence-corrected chi connectivity index (χ1v) is 11.4. The van der Waals surface area contributed by atoms with Gasteiger partial charge in [0.25, 0.3) is 5.91 Å². The van der Waals surface area contributed by atoms with E-state index < -0.39 is 0 Å². The molecule has 0 spiro atoms. The number of hydrazone groups is 1. The van der Waals surface area contributed by atoms with Crippen LogP contribution in [0, 0.1) is 6.92 Å². The lowest BCUT2D eigenvalue weighted by atomic mass is 10.1. The second-order valence-corrected chi connectivity index (χ2v) is 8.18. The number of carbonyl (C=O) groups is 1. The summed E-state index contributed by atoms with van der Waals surface area (Å²) in [6.45, 7) is 2.08. The lowest BCUT2D eigenvalue weighted by Crippen LogP contribution is -2.17. The molecule has 0 fully saturated rings. The third kappa shape index (κ3) is 4.80. The minimum absolute atomic E-state index is 0.308. The minimum atomic E-state index is -0.308. The van der Waals surface area contributed by atoms with E-state index in [0.717, 1.165) is 33.8 Å². The fourth-order valence-electron chi connectivity index (χ4n) is 4.03. The highest BCUT2D eigenvalue weighted by Crippen LogP contribution is 2.35. The van der Waals surface area contributed by atoms with Crippen molar-refractivity contribution in [3.05, 3.63) is 132 Å². The Labute approximate surface area is 204 Å². The number of nitrogens with zero attached hydrogens (tertiary/aromatic N) is 3. The molecule has 1 N–H and O–H groups in total.